The van der Waals surface area contributed by atoms with E-state index in [1.54, 1.807) is 0 Å². The van der Waals surface area contributed by atoms with Gasteiger partial charge in [-0.25, -0.2) is 0 Å². The summed E-state index contributed by atoms with van der Waals surface area (Å²) in [5.41, 5.74) is -0.409. The largest absolute Gasteiger partial charge is 0.303 e. The van der Waals surface area contributed by atoms with E-state index in [1.165, 1.54) is 25.7 Å². The number of hydrogen-bond donors (Lipinski definition) is 1. The lowest BCUT2D eigenvalue weighted by Gasteiger charge is -2.29. The predicted octanol–water partition coefficient (Wildman–Crippen LogP) is 1.61. The number of nitrogens with zero attached hydrogens (tertiary/aromatic N) is 2. The first-order valence-corrected chi connectivity index (χ1v) is 5.88. The van der Waals surface area contributed by atoms with Crippen molar-refractivity contribution >= 4 is 0 Å². The van der Waals surface area contributed by atoms with Crippen LogP contribution in [0.15, 0.2) is 0 Å². The Bertz CT molecular complexity index is 228. The van der Waals surface area contributed by atoms with Gasteiger partial charge < -0.3 is 10.2 Å². The Balaban J connectivity index is 2.34. The smallest absolute Gasteiger partial charge is 0.116 e. The Hall–Kier alpha value is -0.590. The van der Waals surface area contributed by atoms with Crippen LogP contribution >= 0.6 is 0 Å². The van der Waals surface area contributed by atoms with Gasteiger partial charge in [0.2, 0.25) is 0 Å². The highest BCUT2D eigenvalue weighted by atomic mass is 15.1. The summed E-state index contributed by atoms with van der Waals surface area (Å²) in [6, 6.07) is 2.33. The quantitative estimate of drug-likeness (QED) is 0.747. The number of nitriles is 1. The summed E-state index contributed by atoms with van der Waals surface area (Å²) in [7, 11) is 3.97. The molecule has 1 atom stereocenters. The van der Waals surface area contributed by atoms with Gasteiger partial charge in [-0.1, -0.05) is 12.8 Å². The van der Waals surface area contributed by atoms with Crippen LogP contribution in [0.3, 0.4) is 0 Å². The summed E-state index contributed by atoms with van der Waals surface area (Å²) < 4.78 is 0. The molecule has 0 amide bonds. The first kappa shape index (κ1) is 12.5. The average Bonchev–Trinajstić information content (AvgIpc) is 2.70. The lowest BCUT2D eigenvalue weighted by molar-refractivity contribution is 0.233. The molecular formula is C12H23N3. The Labute approximate surface area is 93.5 Å². The molecule has 0 aromatic rings. The van der Waals surface area contributed by atoms with Crippen LogP contribution in [0.1, 0.15) is 32.6 Å². The highest BCUT2D eigenvalue weighted by Gasteiger charge is 2.25. The zero-order valence-corrected chi connectivity index (χ0v) is 10.2. The SMILES string of the molecule is CNC(C)(C#N)CN(C)CC1CCCC1. The van der Waals surface area contributed by atoms with Crippen molar-refractivity contribution in [1.29, 1.82) is 5.26 Å². The average molecular weight is 209 g/mol. The van der Waals surface area contributed by atoms with E-state index >= 15 is 0 Å². The monoisotopic (exact) mass is 209 g/mol. The summed E-state index contributed by atoms with van der Waals surface area (Å²) >= 11 is 0. The molecule has 0 heterocycles. The molecule has 3 nitrogen and oxygen atoms in total. The summed E-state index contributed by atoms with van der Waals surface area (Å²) in [5.74, 6) is 0.856. The fourth-order valence-corrected chi connectivity index (χ4v) is 2.41. The van der Waals surface area contributed by atoms with E-state index in [-0.39, 0.29) is 0 Å². The molecule has 1 N–H and O–H groups in total. The van der Waals surface area contributed by atoms with Crippen molar-refractivity contribution in [3.63, 3.8) is 0 Å². The van der Waals surface area contributed by atoms with Gasteiger partial charge in [0.25, 0.3) is 0 Å². The lowest BCUT2D eigenvalue weighted by Crippen LogP contribution is -2.48. The standard InChI is InChI=1S/C12H23N3/c1-12(9-13,14-2)10-15(3)8-11-6-4-5-7-11/h11,14H,4-8,10H2,1-3H3. The minimum Gasteiger partial charge on any atom is -0.303 e. The van der Waals surface area contributed by atoms with Crippen LogP contribution in [0, 0.1) is 17.2 Å². The second-order valence-corrected chi connectivity index (χ2v) is 5.04. The first-order chi connectivity index (χ1) is 7.09. The van der Waals surface area contributed by atoms with E-state index in [1.807, 2.05) is 14.0 Å². The van der Waals surface area contributed by atoms with Gasteiger partial charge in [0.1, 0.15) is 5.54 Å². The van der Waals surface area contributed by atoms with Gasteiger partial charge in [0.05, 0.1) is 6.07 Å². The topological polar surface area (TPSA) is 39.1 Å². The fourth-order valence-electron chi connectivity index (χ4n) is 2.41. The number of rotatable bonds is 5. The van der Waals surface area contributed by atoms with Gasteiger partial charge in [-0.05, 0) is 39.8 Å². The van der Waals surface area contributed by atoms with Gasteiger partial charge in [0, 0.05) is 13.1 Å². The van der Waals surface area contributed by atoms with E-state index < -0.39 is 5.54 Å². The lowest BCUT2D eigenvalue weighted by atomic mass is 10.0. The van der Waals surface area contributed by atoms with Crippen LogP contribution < -0.4 is 5.32 Å². The fraction of sp³-hybridized carbons (Fsp3) is 0.917. The highest BCUT2D eigenvalue weighted by Crippen LogP contribution is 2.25. The van der Waals surface area contributed by atoms with Crippen molar-refractivity contribution < 1.29 is 0 Å². The van der Waals surface area contributed by atoms with Crippen LogP contribution in [0.2, 0.25) is 0 Å². The Morgan fingerprint density at radius 2 is 2.07 bits per heavy atom. The molecule has 0 radical (unpaired) electrons. The van der Waals surface area contributed by atoms with E-state index in [0.717, 1.165) is 19.0 Å². The molecule has 1 saturated carbocycles. The number of likely N-dealkylation sites (N-methyl/N-ethyl adjacent to an activating group) is 2. The molecule has 3 heteroatoms. The van der Waals surface area contributed by atoms with E-state index in [4.69, 9.17) is 5.26 Å². The second kappa shape index (κ2) is 5.48. The van der Waals surface area contributed by atoms with Crippen molar-refractivity contribution in [3.8, 4) is 6.07 Å². The van der Waals surface area contributed by atoms with Crippen LogP contribution in [-0.4, -0.2) is 37.6 Å². The molecule has 1 aliphatic carbocycles. The van der Waals surface area contributed by atoms with Gasteiger partial charge in [-0.2, -0.15) is 5.26 Å². The van der Waals surface area contributed by atoms with Crippen LogP contribution in [0.4, 0.5) is 0 Å². The molecular weight excluding hydrogens is 186 g/mol. The van der Waals surface area contributed by atoms with Crippen LogP contribution in [0.5, 0.6) is 0 Å². The molecule has 86 valence electrons. The van der Waals surface area contributed by atoms with Crippen molar-refractivity contribution in [1.82, 2.24) is 10.2 Å². The highest BCUT2D eigenvalue weighted by molar-refractivity contribution is 5.04. The molecule has 0 bridgehead atoms. The minimum absolute atomic E-state index is 0.409. The minimum atomic E-state index is -0.409. The maximum atomic E-state index is 9.06. The van der Waals surface area contributed by atoms with Gasteiger partial charge in [-0.15, -0.1) is 0 Å². The first-order valence-electron chi connectivity index (χ1n) is 5.88. The van der Waals surface area contributed by atoms with Gasteiger partial charge >= 0.3 is 0 Å². The third kappa shape index (κ3) is 3.81. The van der Waals surface area contributed by atoms with E-state index in [9.17, 15) is 0 Å². The third-order valence-corrected chi connectivity index (χ3v) is 3.43. The van der Waals surface area contributed by atoms with Crippen LogP contribution in [-0.2, 0) is 0 Å². The van der Waals surface area contributed by atoms with Crippen molar-refractivity contribution in [2.45, 2.75) is 38.1 Å². The van der Waals surface area contributed by atoms with Gasteiger partial charge in [-0.3, -0.25) is 0 Å². The zero-order chi connectivity index (χ0) is 11.3. The molecule has 1 unspecified atom stereocenters. The molecule has 1 rings (SSSR count). The molecule has 0 spiro atoms. The molecule has 0 aromatic carbocycles. The number of nitrogens with one attached hydrogen (secondary N) is 1. The molecule has 1 aliphatic rings. The van der Waals surface area contributed by atoms with Crippen LogP contribution in [0.25, 0.3) is 0 Å². The van der Waals surface area contributed by atoms with Crippen molar-refractivity contribution in [2.24, 2.45) is 5.92 Å². The second-order valence-electron chi connectivity index (χ2n) is 5.04. The molecule has 0 saturated heterocycles. The maximum Gasteiger partial charge on any atom is 0.116 e. The summed E-state index contributed by atoms with van der Waals surface area (Å²) in [5, 5.41) is 12.1. The maximum absolute atomic E-state index is 9.06. The number of hydrogen-bond acceptors (Lipinski definition) is 3. The summed E-state index contributed by atoms with van der Waals surface area (Å²) in [6.07, 6.45) is 5.51. The Morgan fingerprint density at radius 3 is 2.53 bits per heavy atom. The predicted molar refractivity (Wildman–Crippen MR) is 62.5 cm³/mol. The van der Waals surface area contributed by atoms with Crippen molar-refractivity contribution in [3.05, 3.63) is 0 Å². The normalized spacial score (nSPS) is 21.5. The third-order valence-electron chi connectivity index (χ3n) is 3.43. The summed E-state index contributed by atoms with van der Waals surface area (Å²) in [4.78, 5) is 2.29. The molecule has 0 aromatic heterocycles. The molecule has 15 heavy (non-hydrogen) atoms. The Morgan fingerprint density at radius 1 is 1.47 bits per heavy atom. The Kier molecular flexibility index (Phi) is 4.56. The zero-order valence-electron chi connectivity index (χ0n) is 10.2. The molecule has 1 fully saturated rings. The van der Waals surface area contributed by atoms with E-state index in [0.29, 0.717) is 0 Å². The molecule has 0 aliphatic heterocycles. The van der Waals surface area contributed by atoms with Gasteiger partial charge in [0.15, 0.2) is 0 Å². The van der Waals surface area contributed by atoms with E-state index in [2.05, 4.69) is 23.3 Å². The summed E-state index contributed by atoms with van der Waals surface area (Å²) in [6.45, 7) is 3.90. The van der Waals surface area contributed by atoms with Crippen molar-refractivity contribution in [2.75, 3.05) is 27.2 Å².